The summed E-state index contributed by atoms with van der Waals surface area (Å²) in [5.74, 6) is -0.446. The fraction of sp³-hybridized carbons (Fsp3) is 0. The van der Waals surface area contributed by atoms with Crippen molar-refractivity contribution in [1.29, 1.82) is 0 Å². The van der Waals surface area contributed by atoms with Gasteiger partial charge in [0.05, 0.1) is 0 Å². The molecule has 3 rings (SSSR count). The van der Waals surface area contributed by atoms with Gasteiger partial charge in [-0.2, -0.15) is 0 Å². The molecule has 0 heterocycles. The fourth-order valence-corrected chi connectivity index (χ4v) is 2.29. The molecule has 0 saturated carbocycles. The zero-order chi connectivity index (χ0) is 16.2. The number of phenols is 1. The third-order valence-corrected chi connectivity index (χ3v) is 3.40. The normalized spacial score (nSPS) is 10.3. The molecule has 0 radical (unpaired) electrons. The number of ketones is 1. The van der Waals surface area contributed by atoms with E-state index in [2.05, 4.69) is 5.32 Å². The number of carbonyl (C=O) groups is 1. The molecule has 0 atom stereocenters. The maximum absolute atomic E-state index is 13.0. The molecule has 0 amide bonds. The number of anilines is 2. The van der Waals surface area contributed by atoms with Gasteiger partial charge in [0, 0.05) is 28.6 Å². The van der Waals surface area contributed by atoms with E-state index in [9.17, 15) is 14.3 Å². The Bertz CT molecular complexity index is 844. The average molecular weight is 307 g/mol. The van der Waals surface area contributed by atoms with E-state index < -0.39 is 0 Å². The van der Waals surface area contributed by atoms with Crippen LogP contribution < -0.4 is 5.32 Å². The third-order valence-electron chi connectivity index (χ3n) is 3.40. The molecule has 0 saturated heterocycles. The quantitative estimate of drug-likeness (QED) is 0.697. The minimum Gasteiger partial charge on any atom is -0.508 e. The molecule has 0 aromatic heterocycles. The number of benzene rings is 3. The molecular formula is C19H14FNO2. The predicted octanol–water partition coefficient (Wildman–Crippen LogP) is 4.51. The number of halogens is 1. The van der Waals surface area contributed by atoms with Crippen molar-refractivity contribution < 1.29 is 14.3 Å². The van der Waals surface area contributed by atoms with Crippen LogP contribution in [-0.2, 0) is 0 Å². The van der Waals surface area contributed by atoms with Crippen LogP contribution in [0.5, 0.6) is 5.75 Å². The molecule has 0 fully saturated rings. The number of nitrogens with one attached hydrogen (secondary N) is 1. The average Bonchev–Trinajstić information content (AvgIpc) is 2.55. The number of aromatic hydroxyl groups is 1. The zero-order valence-electron chi connectivity index (χ0n) is 12.2. The van der Waals surface area contributed by atoms with Crippen molar-refractivity contribution in [1.82, 2.24) is 0 Å². The summed E-state index contributed by atoms with van der Waals surface area (Å²) in [5.41, 5.74) is 2.18. The van der Waals surface area contributed by atoms with Gasteiger partial charge in [0.2, 0.25) is 0 Å². The molecule has 3 nitrogen and oxygen atoms in total. The van der Waals surface area contributed by atoms with Crippen LogP contribution in [0, 0.1) is 5.82 Å². The van der Waals surface area contributed by atoms with Gasteiger partial charge in [-0.25, -0.2) is 4.39 Å². The minimum absolute atomic E-state index is 0.136. The van der Waals surface area contributed by atoms with Crippen LogP contribution in [0.1, 0.15) is 15.9 Å². The lowest BCUT2D eigenvalue weighted by molar-refractivity contribution is 0.103. The summed E-state index contributed by atoms with van der Waals surface area (Å²) in [5, 5.41) is 12.7. The van der Waals surface area contributed by atoms with Crippen LogP contribution in [0.4, 0.5) is 15.8 Å². The molecule has 0 unspecified atom stereocenters. The second kappa shape index (κ2) is 6.32. The van der Waals surface area contributed by atoms with Crippen LogP contribution in [-0.4, -0.2) is 10.9 Å². The van der Waals surface area contributed by atoms with Crippen LogP contribution in [0.3, 0.4) is 0 Å². The van der Waals surface area contributed by atoms with Gasteiger partial charge in [-0.15, -0.1) is 0 Å². The highest BCUT2D eigenvalue weighted by atomic mass is 19.1. The summed E-state index contributed by atoms with van der Waals surface area (Å²) in [7, 11) is 0. The zero-order valence-corrected chi connectivity index (χ0v) is 12.2. The summed E-state index contributed by atoms with van der Waals surface area (Å²) >= 11 is 0. The highest BCUT2D eigenvalue weighted by Crippen LogP contribution is 2.25. The van der Waals surface area contributed by atoms with Gasteiger partial charge in [0.1, 0.15) is 11.6 Å². The molecule has 0 aliphatic heterocycles. The first-order valence-corrected chi connectivity index (χ1v) is 7.09. The summed E-state index contributed by atoms with van der Waals surface area (Å²) in [6.07, 6.45) is 0. The minimum atomic E-state index is -0.382. The summed E-state index contributed by atoms with van der Waals surface area (Å²) in [4.78, 5) is 12.6. The van der Waals surface area contributed by atoms with Crippen molar-refractivity contribution in [3.05, 3.63) is 89.7 Å². The maximum atomic E-state index is 13.0. The Labute approximate surface area is 133 Å². The number of carbonyl (C=O) groups excluding carboxylic acids is 1. The molecule has 0 bridgehead atoms. The number of para-hydroxylation sites is 1. The largest absolute Gasteiger partial charge is 0.508 e. The predicted molar refractivity (Wildman–Crippen MR) is 87.7 cm³/mol. The smallest absolute Gasteiger partial charge is 0.195 e. The highest BCUT2D eigenvalue weighted by Gasteiger charge is 2.13. The molecule has 0 spiro atoms. The van der Waals surface area contributed by atoms with Crippen LogP contribution in [0.2, 0.25) is 0 Å². The topological polar surface area (TPSA) is 49.3 Å². The Morgan fingerprint density at radius 1 is 0.913 bits per heavy atom. The Hall–Kier alpha value is -3.14. The van der Waals surface area contributed by atoms with Crippen molar-refractivity contribution in [2.75, 3.05) is 5.32 Å². The van der Waals surface area contributed by atoms with Gasteiger partial charge in [-0.1, -0.05) is 18.2 Å². The van der Waals surface area contributed by atoms with Gasteiger partial charge in [-0.3, -0.25) is 4.79 Å². The molecule has 0 aliphatic carbocycles. The van der Waals surface area contributed by atoms with Crippen LogP contribution >= 0.6 is 0 Å². The molecular weight excluding hydrogens is 293 g/mol. The Morgan fingerprint density at radius 2 is 1.65 bits per heavy atom. The maximum Gasteiger partial charge on any atom is 0.195 e. The number of hydrogen-bond donors (Lipinski definition) is 2. The van der Waals surface area contributed by atoms with Crippen LogP contribution in [0.25, 0.3) is 0 Å². The number of hydrogen-bond acceptors (Lipinski definition) is 3. The highest BCUT2D eigenvalue weighted by molar-refractivity contribution is 6.12. The fourth-order valence-electron chi connectivity index (χ4n) is 2.29. The van der Waals surface area contributed by atoms with Crippen molar-refractivity contribution in [3.8, 4) is 5.75 Å². The van der Waals surface area contributed by atoms with Gasteiger partial charge >= 0.3 is 0 Å². The number of phenolic OH excluding ortho intramolecular Hbond substituents is 1. The second-order valence-electron chi connectivity index (χ2n) is 5.06. The SMILES string of the molecule is O=C(c1ccc(F)cc1)c1ccccc1Nc1cccc(O)c1. The first-order valence-electron chi connectivity index (χ1n) is 7.09. The van der Waals surface area contributed by atoms with Crippen molar-refractivity contribution in [3.63, 3.8) is 0 Å². The monoisotopic (exact) mass is 307 g/mol. The number of rotatable bonds is 4. The molecule has 114 valence electrons. The summed E-state index contributed by atoms with van der Waals surface area (Å²) in [6.45, 7) is 0. The van der Waals surface area contributed by atoms with E-state index in [-0.39, 0.29) is 17.3 Å². The van der Waals surface area contributed by atoms with Crippen molar-refractivity contribution in [2.45, 2.75) is 0 Å². The lowest BCUT2D eigenvalue weighted by atomic mass is 10.0. The van der Waals surface area contributed by atoms with Crippen LogP contribution in [0.15, 0.2) is 72.8 Å². The van der Waals surface area contributed by atoms with Gasteiger partial charge in [0.15, 0.2) is 5.78 Å². The molecule has 0 aliphatic rings. The van der Waals surface area contributed by atoms with E-state index in [1.807, 2.05) is 6.07 Å². The van der Waals surface area contributed by atoms with Crippen molar-refractivity contribution >= 4 is 17.2 Å². The lowest BCUT2D eigenvalue weighted by Gasteiger charge is -2.11. The van der Waals surface area contributed by atoms with Gasteiger partial charge < -0.3 is 10.4 Å². The second-order valence-corrected chi connectivity index (χ2v) is 5.06. The Balaban J connectivity index is 1.94. The molecule has 2 N–H and O–H groups in total. The van der Waals surface area contributed by atoms with Gasteiger partial charge in [-0.05, 0) is 48.5 Å². The molecule has 23 heavy (non-hydrogen) atoms. The van der Waals surface area contributed by atoms with Crippen molar-refractivity contribution in [2.24, 2.45) is 0 Å². The standard InChI is InChI=1S/C19H14FNO2/c20-14-10-8-13(9-11-14)19(23)17-6-1-2-7-18(17)21-15-4-3-5-16(22)12-15/h1-12,21-22H. The first kappa shape index (κ1) is 14.8. The summed E-state index contributed by atoms with van der Waals surface area (Å²) in [6, 6.07) is 19.2. The van der Waals surface area contributed by atoms with E-state index in [0.717, 1.165) is 0 Å². The summed E-state index contributed by atoms with van der Waals surface area (Å²) < 4.78 is 13.0. The molecule has 4 heteroatoms. The third kappa shape index (κ3) is 3.37. The first-order chi connectivity index (χ1) is 11.1. The Kier molecular flexibility index (Phi) is 4.06. The van der Waals surface area contributed by atoms with E-state index in [4.69, 9.17) is 0 Å². The molecule has 3 aromatic carbocycles. The van der Waals surface area contributed by atoms with E-state index >= 15 is 0 Å². The lowest BCUT2D eigenvalue weighted by Crippen LogP contribution is -2.05. The molecule has 3 aromatic rings. The Morgan fingerprint density at radius 3 is 2.39 bits per heavy atom. The van der Waals surface area contributed by atoms with E-state index in [1.54, 1.807) is 42.5 Å². The van der Waals surface area contributed by atoms with E-state index in [1.165, 1.54) is 24.3 Å². The van der Waals surface area contributed by atoms with E-state index in [0.29, 0.717) is 22.5 Å². The van der Waals surface area contributed by atoms with Gasteiger partial charge in [0.25, 0.3) is 0 Å².